The zero-order valence-corrected chi connectivity index (χ0v) is 22.0. The first-order valence-corrected chi connectivity index (χ1v) is 12.6. The van der Waals surface area contributed by atoms with Gasteiger partial charge in [0, 0.05) is 30.0 Å². The number of hydrogen-bond donors (Lipinski definition) is 1. The number of aliphatic imine (C=N–C) groups is 2. The Morgan fingerprint density at radius 3 is 2.56 bits per heavy atom. The molecule has 0 saturated heterocycles. The van der Waals surface area contributed by atoms with Crippen LogP contribution in [0.5, 0.6) is 0 Å². The number of hydrogen-bond acceptors (Lipinski definition) is 4. The van der Waals surface area contributed by atoms with Crippen molar-refractivity contribution in [2.75, 3.05) is 7.05 Å². The molecule has 0 bridgehead atoms. The zero-order valence-electron chi connectivity index (χ0n) is 22.0. The van der Waals surface area contributed by atoms with E-state index < -0.39 is 0 Å². The van der Waals surface area contributed by atoms with Crippen molar-refractivity contribution in [3.8, 4) is 0 Å². The van der Waals surface area contributed by atoms with Crippen LogP contribution in [0.3, 0.4) is 0 Å². The lowest BCUT2D eigenvalue weighted by Gasteiger charge is -2.42. The summed E-state index contributed by atoms with van der Waals surface area (Å²) in [7, 11) is 1.85. The molecular formula is C30H40N4. The predicted molar refractivity (Wildman–Crippen MR) is 146 cm³/mol. The van der Waals surface area contributed by atoms with E-state index in [9.17, 15) is 0 Å². The molecule has 4 heteroatoms. The lowest BCUT2D eigenvalue weighted by Crippen LogP contribution is -2.54. The normalized spacial score (nSPS) is 24.0. The summed E-state index contributed by atoms with van der Waals surface area (Å²) in [6, 6.07) is 0. The molecule has 34 heavy (non-hydrogen) atoms. The van der Waals surface area contributed by atoms with Crippen LogP contribution < -0.4 is 5.32 Å². The molecule has 4 aliphatic rings. The summed E-state index contributed by atoms with van der Waals surface area (Å²) in [5.74, 6) is 0.963. The third-order valence-corrected chi connectivity index (χ3v) is 7.05. The Morgan fingerprint density at radius 1 is 1.24 bits per heavy atom. The van der Waals surface area contributed by atoms with Gasteiger partial charge in [-0.25, -0.2) is 4.99 Å². The molecule has 0 amide bonds. The Bertz CT molecular complexity index is 1140. The van der Waals surface area contributed by atoms with Gasteiger partial charge in [0.15, 0.2) is 0 Å². The maximum Gasteiger partial charge on any atom is 0.137 e. The molecule has 0 aromatic heterocycles. The summed E-state index contributed by atoms with van der Waals surface area (Å²) in [6.45, 7) is 17.5. The topological polar surface area (TPSA) is 40.0 Å². The Hall–Kier alpha value is -2.72. The van der Waals surface area contributed by atoms with Crippen LogP contribution in [-0.4, -0.2) is 34.6 Å². The summed E-state index contributed by atoms with van der Waals surface area (Å²) < 4.78 is 0. The van der Waals surface area contributed by atoms with Crippen molar-refractivity contribution in [3.05, 3.63) is 82.4 Å². The monoisotopic (exact) mass is 456 g/mol. The number of nitrogens with one attached hydrogen (secondary N) is 1. The van der Waals surface area contributed by atoms with Crippen molar-refractivity contribution in [3.63, 3.8) is 0 Å². The van der Waals surface area contributed by atoms with Gasteiger partial charge in [-0.1, -0.05) is 25.2 Å². The van der Waals surface area contributed by atoms with Gasteiger partial charge in [-0.3, -0.25) is 4.99 Å². The van der Waals surface area contributed by atoms with Gasteiger partial charge >= 0.3 is 0 Å². The third kappa shape index (κ3) is 5.02. The van der Waals surface area contributed by atoms with E-state index in [2.05, 4.69) is 99.9 Å². The number of rotatable bonds is 5. The second-order valence-corrected chi connectivity index (χ2v) is 11.1. The molecule has 4 nitrogen and oxygen atoms in total. The second-order valence-electron chi connectivity index (χ2n) is 11.1. The Labute approximate surface area is 206 Å². The van der Waals surface area contributed by atoms with Gasteiger partial charge in [-0.05, 0) is 113 Å². The molecule has 1 N–H and O–H groups in total. The largest absolute Gasteiger partial charge is 0.303 e. The summed E-state index contributed by atoms with van der Waals surface area (Å²) in [5, 5.41) is 3.75. The van der Waals surface area contributed by atoms with Gasteiger partial charge in [0.2, 0.25) is 0 Å². The molecule has 0 spiro atoms. The first-order valence-electron chi connectivity index (χ1n) is 12.6. The van der Waals surface area contributed by atoms with Crippen LogP contribution in [0, 0.1) is 0 Å². The Balaban J connectivity index is 1.73. The fourth-order valence-corrected chi connectivity index (χ4v) is 5.27. The summed E-state index contributed by atoms with van der Waals surface area (Å²) in [6.07, 6.45) is 18.9. The van der Waals surface area contributed by atoms with Gasteiger partial charge in [-0.2, -0.15) is 0 Å². The Kier molecular flexibility index (Phi) is 6.56. The number of fused-ring (bicyclic) bond motifs is 1. The predicted octanol–water partition coefficient (Wildman–Crippen LogP) is 6.94. The van der Waals surface area contributed by atoms with E-state index in [0.29, 0.717) is 0 Å². The van der Waals surface area contributed by atoms with Crippen molar-refractivity contribution in [1.29, 1.82) is 0 Å². The van der Waals surface area contributed by atoms with E-state index in [1.165, 1.54) is 28.8 Å². The highest BCUT2D eigenvalue weighted by atomic mass is 15.2. The average molecular weight is 457 g/mol. The quantitative estimate of drug-likeness (QED) is 0.360. The Morgan fingerprint density at radius 2 is 1.97 bits per heavy atom. The molecule has 1 fully saturated rings. The molecule has 0 aromatic carbocycles. The van der Waals surface area contributed by atoms with Gasteiger partial charge in [0.25, 0.3) is 0 Å². The van der Waals surface area contributed by atoms with Crippen molar-refractivity contribution in [2.45, 2.75) is 84.7 Å². The minimum atomic E-state index is -0.0381. The lowest BCUT2D eigenvalue weighted by molar-refractivity contribution is 0.285. The number of allylic oxidation sites excluding steroid dienone is 7. The van der Waals surface area contributed by atoms with E-state index in [1.54, 1.807) is 0 Å². The van der Waals surface area contributed by atoms with E-state index in [1.807, 2.05) is 7.05 Å². The molecule has 180 valence electrons. The highest BCUT2D eigenvalue weighted by Gasteiger charge is 2.34. The van der Waals surface area contributed by atoms with E-state index in [4.69, 9.17) is 4.99 Å². The van der Waals surface area contributed by atoms with Crippen molar-refractivity contribution >= 4 is 11.5 Å². The van der Waals surface area contributed by atoms with Crippen LogP contribution in [0.2, 0.25) is 0 Å². The van der Waals surface area contributed by atoms with Crippen LogP contribution in [0.4, 0.5) is 0 Å². The lowest BCUT2D eigenvalue weighted by atomic mass is 9.80. The smallest absolute Gasteiger partial charge is 0.137 e. The van der Waals surface area contributed by atoms with Crippen molar-refractivity contribution in [1.82, 2.24) is 10.2 Å². The molecule has 3 heterocycles. The summed E-state index contributed by atoms with van der Waals surface area (Å²) in [5.41, 5.74) is 9.58. The van der Waals surface area contributed by atoms with Gasteiger partial charge in [-0.15, -0.1) is 0 Å². The van der Waals surface area contributed by atoms with E-state index >= 15 is 0 Å². The fourth-order valence-electron chi connectivity index (χ4n) is 5.27. The second kappa shape index (κ2) is 9.14. The van der Waals surface area contributed by atoms with E-state index in [-0.39, 0.29) is 11.1 Å². The molecular weight excluding hydrogens is 416 g/mol. The molecule has 3 aliphatic heterocycles. The van der Waals surface area contributed by atoms with Crippen LogP contribution in [0.1, 0.15) is 73.6 Å². The first kappa shape index (κ1) is 24.4. The summed E-state index contributed by atoms with van der Waals surface area (Å²) >= 11 is 0. The number of amidine groups is 1. The maximum atomic E-state index is 5.04. The third-order valence-electron chi connectivity index (χ3n) is 7.05. The zero-order chi connectivity index (χ0) is 24.7. The van der Waals surface area contributed by atoms with Crippen LogP contribution >= 0.6 is 0 Å². The van der Waals surface area contributed by atoms with Gasteiger partial charge in [0.05, 0.1) is 11.4 Å². The standard InChI is InChI=1S/C30H40N4/c1-9-20(2)21(3)15-25(31-8)26-16-27(22-11-10-12-22)34-19-23(13-14-28(34)32-26)24-17-29(4,5)33-30(6,7)18-24/h13-17,19,33H,2,9-12,18H2,1,3-8H3/b21-15+,31-25+. The summed E-state index contributed by atoms with van der Waals surface area (Å²) in [4.78, 5) is 11.9. The van der Waals surface area contributed by atoms with Crippen LogP contribution in [0.15, 0.2) is 92.4 Å². The van der Waals surface area contributed by atoms with Crippen LogP contribution in [0.25, 0.3) is 0 Å². The highest BCUT2D eigenvalue weighted by Crippen LogP contribution is 2.38. The van der Waals surface area contributed by atoms with Crippen LogP contribution in [-0.2, 0) is 0 Å². The molecule has 0 radical (unpaired) electrons. The fraction of sp³-hybridized carbons (Fsp3) is 0.467. The van der Waals surface area contributed by atoms with Gasteiger partial charge < -0.3 is 10.2 Å². The molecule has 0 atom stereocenters. The van der Waals surface area contributed by atoms with E-state index in [0.717, 1.165) is 54.1 Å². The first-order chi connectivity index (χ1) is 16.0. The minimum absolute atomic E-state index is 0.0381. The van der Waals surface area contributed by atoms with Crippen molar-refractivity contribution < 1.29 is 0 Å². The molecule has 1 saturated carbocycles. The molecule has 4 rings (SSSR count). The SMILES string of the molecule is C=C(CC)/C(C)=C/C(=N\C)C1=CC(=C2CCC2)N2C=C(C3=CC(C)(C)NC(C)(C)C3)C=CC2=N1. The van der Waals surface area contributed by atoms with Crippen molar-refractivity contribution in [2.24, 2.45) is 9.98 Å². The molecule has 0 unspecified atom stereocenters. The average Bonchev–Trinajstić information content (AvgIpc) is 2.72. The maximum absolute atomic E-state index is 5.04. The number of nitrogens with zero attached hydrogens (tertiary/aromatic N) is 3. The van der Waals surface area contributed by atoms with Gasteiger partial charge in [0.1, 0.15) is 5.84 Å². The molecule has 1 aliphatic carbocycles. The molecule has 0 aromatic rings. The minimum Gasteiger partial charge on any atom is -0.303 e. The highest BCUT2D eigenvalue weighted by molar-refractivity contribution is 6.12.